The van der Waals surface area contributed by atoms with Crippen LogP contribution in [-0.2, 0) is 4.74 Å². The number of nitrogen functional groups attached to an aromatic ring is 1. The zero-order valence-electron chi connectivity index (χ0n) is 10.3. The van der Waals surface area contributed by atoms with Crippen LogP contribution in [0.1, 0.15) is 41.6 Å². The molecule has 0 radical (unpaired) electrons. The van der Waals surface area contributed by atoms with Crippen LogP contribution in [0, 0.1) is 6.92 Å². The summed E-state index contributed by atoms with van der Waals surface area (Å²) in [4.78, 5) is 16.6. The number of methoxy groups -OCH3 is 1. The van der Waals surface area contributed by atoms with Gasteiger partial charge in [0.05, 0.1) is 5.56 Å². The molecular formula is C13H18N2O2. The normalized spacial score (nSPS) is 18.2. The Balaban J connectivity index is 2.39. The van der Waals surface area contributed by atoms with E-state index in [0.717, 1.165) is 31.2 Å². The zero-order chi connectivity index (χ0) is 12.5. The number of pyridine rings is 1. The molecule has 4 heteroatoms. The van der Waals surface area contributed by atoms with E-state index in [1.807, 2.05) is 6.92 Å². The quantitative estimate of drug-likeness (QED) is 0.813. The van der Waals surface area contributed by atoms with Gasteiger partial charge in [0.25, 0.3) is 0 Å². The standard InChI is InChI=1S/C13H18N2O2/c1-9-7-10(12(14)15-8-9)11(16)13(17-2)5-3-4-6-13/h7-8H,3-6H2,1-2H3,(H2,14,15). The number of carbonyl (C=O) groups is 1. The SMILES string of the molecule is COC1(C(=O)c2cc(C)cnc2N)CCCC1. The summed E-state index contributed by atoms with van der Waals surface area (Å²) in [5.41, 5.74) is 6.54. The highest BCUT2D eigenvalue weighted by Crippen LogP contribution is 2.36. The van der Waals surface area contributed by atoms with E-state index in [1.54, 1.807) is 19.4 Å². The molecule has 2 N–H and O–H groups in total. The number of nitrogens with two attached hydrogens (primary N) is 1. The second-order valence-electron chi connectivity index (χ2n) is 4.68. The Kier molecular flexibility index (Phi) is 3.15. The summed E-state index contributed by atoms with van der Waals surface area (Å²) >= 11 is 0. The second-order valence-corrected chi connectivity index (χ2v) is 4.68. The third-order valence-corrected chi connectivity index (χ3v) is 3.52. The molecule has 0 spiro atoms. The molecule has 1 heterocycles. The lowest BCUT2D eigenvalue weighted by Crippen LogP contribution is -2.38. The molecule has 17 heavy (non-hydrogen) atoms. The van der Waals surface area contributed by atoms with Crippen molar-refractivity contribution in [1.82, 2.24) is 4.98 Å². The van der Waals surface area contributed by atoms with E-state index < -0.39 is 5.60 Å². The lowest BCUT2D eigenvalue weighted by Gasteiger charge is -2.26. The summed E-state index contributed by atoms with van der Waals surface area (Å²) < 4.78 is 5.48. The van der Waals surface area contributed by atoms with E-state index in [-0.39, 0.29) is 5.78 Å². The van der Waals surface area contributed by atoms with Crippen LogP contribution in [0.5, 0.6) is 0 Å². The fourth-order valence-corrected chi connectivity index (χ4v) is 2.48. The molecule has 92 valence electrons. The van der Waals surface area contributed by atoms with Crippen molar-refractivity contribution in [1.29, 1.82) is 0 Å². The van der Waals surface area contributed by atoms with Crippen LogP contribution in [-0.4, -0.2) is 23.5 Å². The number of carbonyl (C=O) groups excluding carboxylic acids is 1. The molecular weight excluding hydrogens is 216 g/mol. The maximum absolute atomic E-state index is 12.5. The Bertz CT molecular complexity index is 437. The van der Waals surface area contributed by atoms with Crippen molar-refractivity contribution in [3.05, 3.63) is 23.4 Å². The van der Waals surface area contributed by atoms with Crippen molar-refractivity contribution in [2.45, 2.75) is 38.2 Å². The Morgan fingerprint density at radius 2 is 2.12 bits per heavy atom. The summed E-state index contributed by atoms with van der Waals surface area (Å²) in [6.45, 7) is 1.90. The fourth-order valence-electron chi connectivity index (χ4n) is 2.48. The number of ketones is 1. The molecule has 1 aromatic rings. The summed E-state index contributed by atoms with van der Waals surface area (Å²) in [6, 6.07) is 1.80. The Hall–Kier alpha value is -1.42. The van der Waals surface area contributed by atoms with Crippen LogP contribution in [0.3, 0.4) is 0 Å². The molecule has 4 nitrogen and oxygen atoms in total. The van der Waals surface area contributed by atoms with Gasteiger partial charge in [0.1, 0.15) is 11.4 Å². The van der Waals surface area contributed by atoms with E-state index in [0.29, 0.717) is 11.4 Å². The molecule has 1 aromatic heterocycles. The summed E-state index contributed by atoms with van der Waals surface area (Å²) in [5.74, 6) is 0.273. The zero-order valence-corrected chi connectivity index (χ0v) is 10.3. The van der Waals surface area contributed by atoms with Crippen LogP contribution < -0.4 is 5.73 Å². The topological polar surface area (TPSA) is 65.2 Å². The van der Waals surface area contributed by atoms with Crippen LogP contribution in [0.25, 0.3) is 0 Å². The van der Waals surface area contributed by atoms with Gasteiger partial charge in [-0.15, -0.1) is 0 Å². The van der Waals surface area contributed by atoms with Gasteiger partial charge in [0.2, 0.25) is 0 Å². The molecule has 0 atom stereocenters. The Labute approximate surface area is 101 Å². The van der Waals surface area contributed by atoms with Gasteiger partial charge in [0.15, 0.2) is 5.78 Å². The van der Waals surface area contributed by atoms with E-state index in [9.17, 15) is 4.79 Å². The first-order valence-electron chi connectivity index (χ1n) is 5.91. The van der Waals surface area contributed by atoms with Crippen molar-refractivity contribution in [2.75, 3.05) is 12.8 Å². The third kappa shape index (κ3) is 2.05. The van der Waals surface area contributed by atoms with Crippen LogP contribution in [0.2, 0.25) is 0 Å². The molecule has 0 saturated heterocycles. The summed E-state index contributed by atoms with van der Waals surface area (Å²) in [5, 5.41) is 0. The second kappa shape index (κ2) is 4.45. The number of ether oxygens (including phenoxy) is 1. The van der Waals surface area contributed by atoms with Crippen LogP contribution >= 0.6 is 0 Å². The Morgan fingerprint density at radius 1 is 1.47 bits per heavy atom. The molecule has 0 unspecified atom stereocenters. The van der Waals surface area contributed by atoms with Crippen molar-refractivity contribution < 1.29 is 9.53 Å². The minimum absolute atomic E-state index is 0.0220. The number of aromatic nitrogens is 1. The number of Topliss-reactive ketones (excluding diaryl/α,β-unsaturated/α-hetero) is 1. The molecule has 0 aromatic carbocycles. The third-order valence-electron chi connectivity index (χ3n) is 3.52. The van der Waals surface area contributed by atoms with Gasteiger partial charge >= 0.3 is 0 Å². The van der Waals surface area contributed by atoms with Gasteiger partial charge < -0.3 is 10.5 Å². The predicted octanol–water partition coefficient (Wildman–Crippen LogP) is 2.11. The summed E-state index contributed by atoms with van der Waals surface area (Å²) in [7, 11) is 1.60. The number of aryl methyl sites for hydroxylation is 1. The number of anilines is 1. The lowest BCUT2D eigenvalue weighted by molar-refractivity contribution is 0.00607. The number of hydrogen-bond acceptors (Lipinski definition) is 4. The molecule has 0 bridgehead atoms. The van der Waals surface area contributed by atoms with Gasteiger partial charge in [-0.1, -0.05) is 0 Å². The molecule has 1 fully saturated rings. The molecule has 1 saturated carbocycles. The molecule has 2 rings (SSSR count). The monoisotopic (exact) mass is 234 g/mol. The van der Waals surface area contributed by atoms with Crippen molar-refractivity contribution >= 4 is 11.6 Å². The number of rotatable bonds is 3. The van der Waals surface area contributed by atoms with Gasteiger partial charge in [-0.2, -0.15) is 0 Å². The highest BCUT2D eigenvalue weighted by Gasteiger charge is 2.42. The van der Waals surface area contributed by atoms with Crippen molar-refractivity contribution in [2.24, 2.45) is 0 Å². The average Bonchev–Trinajstić information content (AvgIpc) is 2.81. The highest BCUT2D eigenvalue weighted by molar-refractivity contribution is 6.06. The van der Waals surface area contributed by atoms with Gasteiger partial charge in [-0.3, -0.25) is 4.79 Å². The number of hydrogen-bond donors (Lipinski definition) is 1. The Morgan fingerprint density at radius 3 is 2.71 bits per heavy atom. The van der Waals surface area contributed by atoms with E-state index in [4.69, 9.17) is 10.5 Å². The predicted molar refractivity (Wildman–Crippen MR) is 65.9 cm³/mol. The fraction of sp³-hybridized carbons (Fsp3) is 0.538. The van der Waals surface area contributed by atoms with E-state index in [2.05, 4.69) is 4.98 Å². The molecule has 1 aliphatic carbocycles. The van der Waals surface area contributed by atoms with Gasteiger partial charge in [0, 0.05) is 13.3 Å². The molecule has 0 aliphatic heterocycles. The average molecular weight is 234 g/mol. The number of nitrogens with zero attached hydrogens (tertiary/aromatic N) is 1. The van der Waals surface area contributed by atoms with Crippen molar-refractivity contribution in [3.63, 3.8) is 0 Å². The lowest BCUT2D eigenvalue weighted by atomic mass is 9.91. The smallest absolute Gasteiger partial charge is 0.198 e. The van der Waals surface area contributed by atoms with E-state index >= 15 is 0 Å². The van der Waals surface area contributed by atoms with Gasteiger partial charge in [-0.05, 0) is 44.2 Å². The summed E-state index contributed by atoms with van der Waals surface area (Å²) in [6.07, 6.45) is 5.27. The minimum atomic E-state index is -0.677. The maximum atomic E-state index is 12.5. The molecule has 1 aliphatic rings. The van der Waals surface area contributed by atoms with E-state index in [1.165, 1.54) is 0 Å². The van der Waals surface area contributed by atoms with Gasteiger partial charge in [-0.25, -0.2) is 4.98 Å². The highest BCUT2D eigenvalue weighted by atomic mass is 16.5. The largest absolute Gasteiger partial charge is 0.383 e. The first kappa shape index (κ1) is 12.0. The first-order chi connectivity index (χ1) is 8.09. The first-order valence-corrected chi connectivity index (χ1v) is 5.91. The maximum Gasteiger partial charge on any atom is 0.198 e. The molecule has 0 amide bonds. The minimum Gasteiger partial charge on any atom is -0.383 e. The van der Waals surface area contributed by atoms with Crippen LogP contribution in [0.4, 0.5) is 5.82 Å². The van der Waals surface area contributed by atoms with Crippen LogP contribution in [0.15, 0.2) is 12.3 Å². The van der Waals surface area contributed by atoms with Crippen molar-refractivity contribution in [3.8, 4) is 0 Å².